The van der Waals surface area contributed by atoms with Crippen LogP contribution in [0.5, 0.6) is 0 Å². The van der Waals surface area contributed by atoms with E-state index in [-0.39, 0.29) is 0 Å². The summed E-state index contributed by atoms with van der Waals surface area (Å²) in [7, 11) is 0. The molecule has 0 aromatic carbocycles. The second kappa shape index (κ2) is 6.26. The van der Waals surface area contributed by atoms with Crippen LogP contribution in [-0.4, -0.2) is 26.3 Å². The van der Waals surface area contributed by atoms with Crippen molar-refractivity contribution in [2.45, 2.75) is 39.7 Å². The molecule has 0 fully saturated rings. The van der Waals surface area contributed by atoms with Crippen LogP contribution in [0, 0.1) is 6.92 Å². The summed E-state index contributed by atoms with van der Waals surface area (Å²) in [6.45, 7) is 5.82. The fourth-order valence-electron chi connectivity index (χ4n) is 2.05. The molecule has 0 saturated carbocycles. The van der Waals surface area contributed by atoms with E-state index in [9.17, 15) is 0 Å². The van der Waals surface area contributed by atoms with E-state index in [2.05, 4.69) is 27.3 Å². The number of nitrogen functional groups attached to an aromatic ring is 1. The van der Waals surface area contributed by atoms with Crippen molar-refractivity contribution in [3.05, 3.63) is 23.9 Å². The first kappa shape index (κ1) is 13.5. The minimum Gasteiger partial charge on any atom is -0.394 e. The zero-order valence-corrected chi connectivity index (χ0v) is 11.6. The van der Waals surface area contributed by atoms with Gasteiger partial charge < -0.3 is 16.0 Å². The molecule has 0 bridgehead atoms. The minimum absolute atomic E-state index is 0.756. The topological polar surface area (TPSA) is 84.6 Å². The fourth-order valence-corrected chi connectivity index (χ4v) is 2.05. The normalized spacial score (nSPS) is 10.8. The summed E-state index contributed by atoms with van der Waals surface area (Å²) >= 11 is 0. The Kier molecular flexibility index (Phi) is 4.43. The van der Waals surface area contributed by atoms with E-state index in [1.807, 2.05) is 17.8 Å². The van der Waals surface area contributed by atoms with Gasteiger partial charge in [0.2, 0.25) is 0 Å². The largest absolute Gasteiger partial charge is 0.394 e. The molecule has 19 heavy (non-hydrogen) atoms. The van der Waals surface area contributed by atoms with Crippen LogP contribution in [0.2, 0.25) is 0 Å². The number of hydrogen-bond donors (Lipinski definition) is 3. The van der Waals surface area contributed by atoms with Crippen LogP contribution in [0.15, 0.2) is 12.4 Å². The molecule has 2 rings (SSSR count). The second-order valence-electron chi connectivity index (χ2n) is 4.64. The molecular formula is C13H22N6. The lowest BCUT2D eigenvalue weighted by molar-refractivity contribution is 0.602. The molecule has 0 atom stereocenters. The number of aryl methyl sites for hydroxylation is 3. The molecule has 0 unspecified atom stereocenters. The molecular weight excluding hydrogens is 240 g/mol. The summed E-state index contributed by atoms with van der Waals surface area (Å²) < 4.78 is 1.96. The van der Waals surface area contributed by atoms with Gasteiger partial charge in [0.15, 0.2) is 0 Å². The van der Waals surface area contributed by atoms with Gasteiger partial charge in [-0.3, -0.25) is 0 Å². The second-order valence-corrected chi connectivity index (χ2v) is 4.64. The molecule has 0 amide bonds. The van der Waals surface area contributed by atoms with Gasteiger partial charge in [0.1, 0.15) is 11.6 Å². The third-order valence-corrected chi connectivity index (χ3v) is 3.05. The third kappa shape index (κ3) is 3.27. The predicted molar refractivity (Wildman–Crippen MR) is 77.1 cm³/mol. The first-order chi connectivity index (χ1) is 9.22. The number of rotatable bonds is 7. The van der Waals surface area contributed by atoms with Gasteiger partial charge in [-0.05, 0) is 19.8 Å². The van der Waals surface area contributed by atoms with Crippen molar-refractivity contribution in [1.82, 2.24) is 19.7 Å². The van der Waals surface area contributed by atoms with Crippen LogP contribution in [-0.2, 0) is 13.0 Å². The Morgan fingerprint density at radius 2 is 2.32 bits per heavy atom. The smallest absolute Gasteiger partial charge is 0.148 e. The third-order valence-electron chi connectivity index (χ3n) is 3.05. The number of aromatic nitrogens is 4. The van der Waals surface area contributed by atoms with E-state index in [0.29, 0.717) is 0 Å². The molecule has 0 aliphatic rings. The molecule has 0 spiro atoms. The Bertz CT molecular complexity index is 499. The Balaban J connectivity index is 1.88. The Labute approximate surface area is 113 Å². The molecule has 2 aromatic rings. The van der Waals surface area contributed by atoms with Crippen molar-refractivity contribution in [2.75, 3.05) is 17.6 Å². The monoisotopic (exact) mass is 262 g/mol. The molecule has 6 nitrogen and oxygen atoms in total. The standard InChI is InChI=1S/C13H22N6/c1-3-9-19-13(12(14)10(2)18-19)17-6-4-5-11-15-7-8-16-11/h7-8,17H,3-6,9,14H2,1-2H3,(H,15,16). The van der Waals surface area contributed by atoms with E-state index in [4.69, 9.17) is 5.73 Å². The quantitative estimate of drug-likeness (QED) is 0.666. The van der Waals surface area contributed by atoms with Gasteiger partial charge in [-0.2, -0.15) is 5.10 Å². The number of nitrogens with zero attached hydrogens (tertiary/aromatic N) is 3. The number of nitrogens with one attached hydrogen (secondary N) is 2. The van der Waals surface area contributed by atoms with Gasteiger partial charge in [-0.25, -0.2) is 9.67 Å². The minimum atomic E-state index is 0.756. The van der Waals surface area contributed by atoms with Crippen molar-refractivity contribution >= 4 is 11.5 Å². The van der Waals surface area contributed by atoms with Gasteiger partial charge >= 0.3 is 0 Å². The molecule has 0 radical (unpaired) electrons. The lowest BCUT2D eigenvalue weighted by Gasteiger charge is -2.09. The molecule has 0 saturated heterocycles. The molecule has 2 aromatic heterocycles. The maximum absolute atomic E-state index is 6.05. The average Bonchev–Trinajstić information content (AvgIpc) is 2.98. The highest BCUT2D eigenvalue weighted by Gasteiger charge is 2.11. The lowest BCUT2D eigenvalue weighted by atomic mass is 10.3. The van der Waals surface area contributed by atoms with E-state index < -0.39 is 0 Å². The van der Waals surface area contributed by atoms with Crippen molar-refractivity contribution < 1.29 is 0 Å². The SMILES string of the molecule is CCCn1nc(C)c(N)c1NCCCc1ncc[nH]1. The molecule has 6 heteroatoms. The van der Waals surface area contributed by atoms with E-state index in [1.54, 1.807) is 6.20 Å². The van der Waals surface area contributed by atoms with Gasteiger partial charge in [0, 0.05) is 31.9 Å². The first-order valence-electron chi connectivity index (χ1n) is 6.77. The molecule has 4 N–H and O–H groups in total. The number of nitrogens with two attached hydrogens (primary N) is 1. The molecule has 2 heterocycles. The number of hydrogen-bond acceptors (Lipinski definition) is 4. The number of aromatic amines is 1. The van der Waals surface area contributed by atoms with E-state index >= 15 is 0 Å². The van der Waals surface area contributed by atoms with E-state index in [0.717, 1.165) is 55.4 Å². The van der Waals surface area contributed by atoms with Crippen LogP contribution in [0.25, 0.3) is 0 Å². The fraction of sp³-hybridized carbons (Fsp3) is 0.538. The highest BCUT2D eigenvalue weighted by Crippen LogP contribution is 2.22. The zero-order chi connectivity index (χ0) is 13.7. The average molecular weight is 262 g/mol. The van der Waals surface area contributed by atoms with Crippen LogP contribution < -0.4 is 11.1 Å². The van der Waals surface area contributed by atoms with Gasteiger partial charge in [0.05, 0.1) is 11.4 Å². The summed E-state index contributed by atoms with van der Waals surface area (Å²) in [4.78, 5) is 7.31. The van der Waals surface area contributed by atoms with Crippen LogP contribution in [0.3, 0.4) is 0 Å². The maximum atomic E-state index is 6.05. The summed E-state index contributed by atoms with van der Waals surface area (Å²) in [5, 5.41) is 7.82. The number of H-pyrrole nitrogens is 1. The molecule has 104 valence electrons. The first-order valence-corrected chi connectivity index (χ1v) is 6.77. The molecule has 0 aliphatic heterocycles. The summed E-state index contributed by atoms with van der Waals surface area (Å²) in [6.07, 6.45) is 6.60. The highest BCUT2D eigenvalue weighted by atomic mass is 15.3. The van der Waals surface area contributed by atoms with Crippen molar-refractivity contribution in [2.24, 2.45) is 0 Å². The van der Waals surface area contributed by atoms with E-state index in [1.165, 1.54) is 0 Å². The van der Waals surface area contributed by atoms with Crippen molar-refractivity contribution in [3.8, 4) is 0 Å². The molecule has 0 aliphatic carbocycles. The van der Waals surface area contributed by atoms with Crippen LogP contribution >= 0.6 is 0 Å². The number of imidazole rings is 1. The maximum Gasteiger partial charge on any atom is 0.148 e. The highest BCUT2D eigenvalue weighted by molar-refractivity contribution is 5.64. The summed E-state index contributed by atoms with van der Waals surface area (Å²) in [6, 6.07) is 0. The zero-order valence-electron chi connectivity index (χ0n) is 11.6. The van der Waals surface area contributed by atoms with Crippen molar-refractivity contribution in [1.29, 1.82) is 0 Å². The Morgan fingerprint density at radius 3 is 3.00 bits per heavy atom. The van der Waals surface area contributed by atoms with Gasteiger partial charge in [0.25, 0.3) is 0 Å². The number of anilines is 2. The predicted octanol–water partition coefficient (Wildman–Crippen LogP) is 1.95. The van der Waals surface area contributed by atoms with Crippen LogP contribution in [0.4, 0.5) is 11.5 Å². The summed E-state index contributed by atoms with van der Waals surface area (Å²) in [5.41, 5.74) is 7.69. The van der Waals surface area contributed by atoms with Gasteiger partial charge in [-0.1, -0.05) is 6.92 Å². The Morgan fingerprint density at radius 1 is 1.47 bits per heavy atom. The summed E-state index contributed by atoms with van der Waals surface area (Å²) in [5.74, 6) is 1.96. The lowest BCUT2D eigenvalue weighted by Crippen LogP contribution is -2.11. The Hall–Kier alpha value is -1.98. The van der Waals surface area contributed by atoms with Crippen LogP contribution in [0.1, 0.15) is 31.3 Å². The van der Waals surface area contributed by atoms with Crippen molar-refractivity contribution in [3.63, 3.8) is 0 Å². The van der Waals surface area contributed by atoms with Gasteiger partial charge in [-0.15, -0.1) is 0 Å².